The molecule has 1 unspecified atom stereocenters. The Morgan fingerprint density at radius 1 is 1.02 bits per heavy atom. The Labute approximate surface area is 246 Å². The van der Waals surface area contributed by atoms with Crippen LogP contribution in [-0.2, 0) is 36.8 Å². The zero-order valence-electron chi connectivity index (χ0n) is 25.2. The van der Waals surface area contributed by atoms with Gasteiger partial charge in [0.2, 0.25) is 5.91 Å². The molecule has 2 amide bonds. The van der Waals surface area contributed by atoms with E-state index < -0.39 is 41.1 Å². The van der Waals surface area contributed by atoms with Crippen LogP contribution >= 0.6 is 0 Å². The van der Waals surface area contributed by atoms with E-state index >= 15 is 0 Å². The Balaban J connectivity index is 1.71. The van der Waals surface area contributed by atoms with Crippen molar-refractivity contribution in [2.24, 2.45) is 5.92 Å². The highest BCUT2D eigenvalue weighted by Crippen LogP contribution is 2.28. The first-order chi connectivity index (χ1) is 19.6. The standard InChI is InChI=1S/C31H41N3O8/c1-30(2,3)41-27(37)20-33-19-23-17-24(12-11-21(23)16-22(28(33)38)18-26(35)36)40-15-9-14-34(25-10-7-8-13-32-25)29(39)42-31(4,5)6/h7-8,10-13,17,22H,9,14-16,18-20H2,1-6H3,(H,35,36). The minimum atomic E-state index is -1.08. The van der Waals surface area contributed by atoms with Crippen molar-refractivity contribution in [2.45, 2.75) is 78.6 Å². The van der Waals surface area contributed by atoms with Crippen LogP contribution in [0.2, 0.25) is 0 Å². The molecule has 42 heavy (non-hydrogen) atoms. The van der Waals surface area contributed by atoms with Crippen LogP contribution < -0.4 is 9.64 Å². The molecule has 0 fully saturated rings. The van der Waals surface area contributed by atoms with Crippen LogP contribution in [0.15, 0.2) is 42.6 Å². The van der Waals surface area contributed by atoms with Crippen molar-refractivity contribution in [1.82, 2.24) is 9.88 Å². The predicted molar refractivity (Wildman–Crippen MR) is 155 cm³/mol. The Morgan fingerprint density at radius 3 is 2.36 bits per heavy atom. The predicted octanol–water partition coefficient (Wildman–Crippen LogP) is 4.61. The lowest BCUT2D eigenvalue weighted by molar-refractivity contribution is -0.160. The summed E-state index contributed by atoms with van der Waals surface area (Å²) in [5.41, 5.74) is 0.201. The highest BCUT2D eigenvalue weighted by Gasteiger charge is 2.33. The molecule has 2 heterocycles. The number of anilines is 1. The number of carboxylic acid groups (broad SMARTS) is 1. The van der Waals surface area contributed by atoms with Crippen molar-refractivity contribution in [3.05, 3.63) is 53.7 Å². The van der Waals surface area contributed by atoms with Gasteiger partial charge in [0.1, 0.15) is 29.3 Å². The highest BCUT2D eigenvalue weighted by atomic mass is 16.6. The molecule has 0 bridgehead atoms. The zero-order valence-corrected chi connectivity index (χ0v) is 25.2. The number of hydrogen-bond donors (Lipinski definition) is 1. The molecule has 1 aliphatic rings. The fourth-order valence-electron chi connectivity index (χ4n) is 4.51. The number of carbonyl (C=O) groups is 4. The number of amides is 2. The number of esters is 1. The molecule has 1 N–H and O–H groups in total. The number of rotatable bonds is 10. The van der Waals surface area contributed by atoms with Crippen LogP contribution in [0.5, 0.6) is 5.75 Å². The average molecular weight is 584 g/mol. The SMILES string of the molecule is CC(C)(C)OC(=O)CN1Cc2cc(OCCCN(C(=O)OC(C)(C)C)c3ccccn3)ccc2CC(CC(=O)O)C1=O. The van der Waals surface area contributed by atoms with Gasteiger partial charge < -0.3 is 24.2 Å². The van der Waals surface area contributed by atoms with E-state index in [4.69, 9.17) is 14.2 Å². The summed E-state index contributed by atoms with van der Waals surface area (Å²) in [5, 5.41) is 9.39. The molecule has 1 aromatic carbocycles. The van der Waals surface area contributed by atoms with Crippen LogP contribution in [0.3, 0.4) is 0 Å². The Kier molecular flexibility index (Phi) is 10.5. The summed E-state index contributed by atoms with van der Waals surface area (Å²) in [4.78, 5) is 57.2. The lowest BCUT2D eigenvalue weighted by Gasteiger charge is -2.26. The summed E-state index contributed by atoms with van der Waals surface area (Å²) in [5.74, 6) is -1.83. The number of hydrogen-bond acceptors (Lipinski definition) is 8. The topological polar surface area (TPSA) is 136 Å². The van der Waals surface area contributed by atoms with Crippen molar-refractivity contribution in [3.63, 3.8) is 0 Å². The largest absolute Gasteiger partial charge is 0.494 e. The van der Waals surface area contributed by atoms with Crippen molar-refractivity contribution in [3.8, 4) is 5.75 Å². The summed E-state index contributed by atoms with van der Waals surface area (Å²) < 4.78 is 16.9. The summed E-state index contributed by atoms with van der Waals surface area (Å²) in [7, 11) is 0. The third-order valence-corrected chi connectivity index (χ3v) is 6.16. The Morgan fingerprint density at radius 2 is 1.74 bits per heavy atom. The van der Waals surface area contributed by atoms with Crippen molar-refractivity contribution >= 4 is 29.8 Å². The highest BCUT2D eigenvalue weighted by molar-refractivity contribution is 5.87. The molecule has 0 saturated carbocycles. The molecule has 0 spiro atoms. The molecule has 228 valence electrons. The van der Waals surface area contributed by atoms with Gasteiger partial charge in [-0.1, -0.05) is 12.1 Å². The number of benzene rings is 1. The van der Waals surface area contributed by atoms with Gasteiger partial charge in [0.05, 0.1) is 18.9 Å². The van der Waals surface area contributed by atoms with E-state index in [1.54, 1.807) is 78.1 Å². The third-order valence-electron chi connectivity index (χ3n) is 6.16. The van der Waals surface area contributed by atoms with E-state index in [-0.39, 0.29) is 32.5 Å². The Bertz CT molecular complexity index is 1270. The van der Waals surface area contributed by atoms with E-state index in [1.165, 1.54) is 9.80 Å². The molecule has 0 saturated heterocycles. The van der Waals surface area contributed by atoms with Crippen LogP contribution in [-0.4, -0.2) is 69.8 Å². The maximum Gasteiger partial charge on any atom is 0.416 e. The quantitative estimate of drug-likeness (QED) is 0.314. The molecule has 1 atom stereocenters. The van der Waals surface area contributed by atoms with E-state index in [9.17, 15) is 24.3 Å². The molecule has 0 radical (unpaired) electrons. The fourth-order valence-corrected chi connectivity index (χ4v) is 4.51. The first-order valence-corrected chi connectivity index (χ1v) is 14.0. The molecule has 3 rings (SSSR count). The lowest BCUT2D eigenvalue weighted by Crippen LogP contribution is -2.41. The number of carbonyl (C=O) groups excluding carboxylic acids is 3. The number of aromatic nitrogens is 1. The van der Waals surface area contributed by atoms with Gasteiger partial charge in [-0.3, -0.25) is 19.3 Å². The zero-order chi connectivity index (χ0) is 31.1. The molecular formula is C31H41N3O8. The smallest absolute Gasteiger partial charge is 0.416 e. The average Bonchev–Trinajstić information content (AvgIpc) is 2.98. The van der Waals surface area contributed by atoms with Crippen LogP contribution in [0, 0.1) is 5.92 Å². The van der Waals surface area contributed by atoms with Crippen molar-refractivity contribution in [2.75, 3.05) is 24.6 Å². The Hall–Kier alpha value is -4.15. The normalized spacial score (nSPS) is 15.3. The second-order valence-electron chi connectivity index (χ2n) is 12.2. The summed E-state index contributed by atoms with van der Waals surface area (Å²) in [6.45, 7) is 11.1. The number of nitrogens with zero attached hydrogens (tertiary/aromatic N) is 3. The van der Waals surface area contributed by atoms with Gasteiger partial charge in [-0.2, -0.15) is 0 Å². The number of pyridine rings is 1. The van der Waals surface area contributed by atoms with E-state index in [0.29, 0.717) is 24.5 Å². The van der Waals surface area contributed by atoms with Crippen LogP contribution in [0.4, 0.5) is 10.6 Å². The van der Waals surface area contributed by atoms with Crippen molar-refractivity contribution in [1.29, 1.82) is 0 Å². The van der Waals surface area contributed by atoms with Gasteiger partial charge in [-0.05, 0) is 89.8 Å². The summed E-state index contributed by atoms with van der Waals surface area (Å²) >= 11 is 0. The minimum Gasteiger partial charge on any atom is -0.494 e. The number of fused-ring (bicyclic) bond motifs is 1. The minimum absolute atomic E-state index is 0.118. The summed E-state index contributed by atoms with van der Waals surface area (Å²) in [6, 6.07) is 10.7. The van der Waals surface area contributed by atoms with Gasteiger partial charge in [0.25, 0.3) is 0 Å². The van der Waals surface area contributed by atoms with Crippen LogP contribution in [0.1, 0.15) is 65.5 Å². The maximum absolute atomic E-state index is 13.2. The van der Waals surface area contributed by atoms with E-state index in [1.807, 2.05) is 6.07 Å². The molecule has 2 aromatic rings. The maximum atomic E-state index is 13.2. The number of ether oxygens (including phenoxy) is 3. The van der Waals surface area contributed by atoms with Gasteiger partial charge in [0.15, 0.2) is 0 Å². The van der Waals surface area contributed by atoms with Gasteiger partial charge >= 0.3 is 18.0 Å². The van der Waals surface area contributed by atoms with Crippen LogP contribution in [0.25, 0.3) is 0 Å². The van der Waals surface area contributed by atoms with E-state index in [2.05, 4.69) is 4.98 Å². The molecule has 0 aliphatic carbocycles. The number of carboxylic acids is 1. The monoisotopic (exact) mass is 583 g/mol. The fraction of sp³-hybridized carbons (Fsp3) is 0.516. The third kappa shape index (κ3) is 10.0. The lowest BCUT2D eigenvalue weighted by atomic mass is 9.94. The molecule has 1 aliphatic heterocycles. The van der Waals surface area contributed by atoms with Crippen molar-refractivity contribution < 1.29 is 38.5 Å². The molecule has 11 nitrogen and oxygen atoms in total. The molecular weight excluding hydrogens is 542 g/mol. The summed E-state index contributed by atoms with van der Waals surface area (Å²) in [6.07, 6.45) is 1.48. The van der Waals surface area contributed by atoms with Gasteiger partial charge in [0, 0.05) is 19.3 Å². The van der Waals surface area contributed by atoms with Gasteiger partial charge in [-0.15, -0.1) is 0 Å². The second kappa shape index (κ2) is 13.7. The first-order valence-electron chi connectivity index (χ1n) is 14.0. The number of aliphatic carboxylic acids is 1. The second-order valence-corrected chi connectivity index (χ2v) is 12.2. The molecule has 1 aromatic heterocycles. The van der Waals surface area contributed by atoms with E-state index in [0.717, 1.165) is 11.1 Å². The first kappa shape index (κ1) is 32.4. The molecule has 11 heteroatoms. The van der Waals surface area contributed by atoms with Gasteiger partial charge in [-0.25, -0.2) is 9.78 Å².